The Labute approximate surface area is 152 Å². The fourth-order valence-electron chi connectivity index (χ4n) is 2.33. The highest BCUT2D eigenvalue weighted by Crippen LogP contribution is 2.11. The van der Waals surface area contributed by atoms with Crippen molar-refractivity contribution in [2.45, 2.75) is 45.1 Å². The molecule has 2 N–H and O–H groups in total. The number of hydrogen-bond donors (Lipinski definition) is 2. The third-order valence-corrected chi connectivity index (χ3v) is 3.57. The first-order valence-electron chi connectivity index (χ1n) is 8.55. The number of ether oxygens (including phenoxy) is 1. The summed E-state index contributed by atoms with van der Waals surface area (Å²) >= 11 is 0. The molecule has 2 amide bonds. The number of unbranched alkanes of at least 4 members (excludes halogenated alkanes) is 3. The first-order valence-corrected chi connectivity index (χ1v) is 8.55. The highest BCUT2D eigenvalue weighted by Gasteiger charge is 2.23. The summed E-state index contributed by atoms with van der Waals surface area (Å²) in [6.45, 7) is 2.29. The van der Waals surface area contributed by atoms with Crippen LogP contribution in [-0.2, 0) is 16.0 Å². The van der Waals surface area contributed by atoms with E-state index in [0.29, 0.717) is 6.54 Å². The molecule has 0 spiro atoms. The fourth-order valence-corrected chi connectivity index (χ4v) is 2.33. The Bertz CT molecular complexity index is 624. The zero-order valence-electron chi connectivity index (χ0n) is 14.8. The normalized spacial score (nSPS) is 11.3. The van der Waals surface area contributed by atoms with Gasteiger partial charge in [0.05, 0.1) is 0 Å². The third-order valence-electron chi connectivity index (χ3n) is 3.57. The van der Waals surface area contributed by atoms with Crippen LogP contribution in [-0.4, -0.2) is 31.2 Å². The van der Waals surface area contributed by atoms with E-state index < -0.39 is 29.7 Å². The Kier molecular flexibility index (Phi) is 9.77. The summed E-state index contributed by atoms with van der Waals surface area (Å²) in [6.07, 6.45) is 8.90. The standard InChI is InChI=1S/C19H24F2N2O3/c1-3-5-6-7-8-22-19(25)23-17(18(24)26-9-4-2)12-14-10-15(20)13-16(21)11-14/h2,10-11,13,17H,3,5-9,12H2,1H3,(H2,22,23,25)/t17-/m0/s1. The van der Waals surface area contributed by atoms with E-state index in [9.17, 15) is 18.4 Å². The molecule has 0 unspecified atom stereocenters. The molecule has 0 fully saturated rings. The van der Waals surface area contributed by atoms with Crippen LogP contribution in [0, 0.1) is 24.0 Å². The predicted molar refractivity (Wildman–Crippen MR) is 94.3 cm³/mol. The molecule has 26 heavy (non-hydrogen) atoms. The average molecular weight is 366 g/mol. The Morgan fingerprint density at radius 2 is 1.88 bits per heavy atom. The van der Waals surface area contributed by atoms with Crippen LogP contribution in [0.4, 0.5) is 13.6 Å². The van der Waals surface area contributed by atoms with E-state index in [4.69, 9.17) is 11.2 Å². The lowest BCUT2D eigenvalue weighted by molar-refractivity contribution is -0.144. The van der Waals surface area contributed by atoms with Gasteiger partial charge in [-0.15, -0.1) is 6.42 Å². The van der Waals surface area contributed by atoms with Crippen molar-refractivity contribution in [3.05, 3.63) is 35.4 Å². The molecule has 1 aromatic rings. The highest BCUT2D eigenvalue weighted by molar-refractivity contribution is 5.83. The highest BCUT2D eigenvalue weighted by atomic mass is 19.1. The number of benzene rings is 1. The number of urea groups is 1. The zero-order chi connectivity index (χ0) is 19.4. The summed E-state index contributed by atoms with van der Waals surface area (Å²) in [5, 5.41) is 5.11. The van der Waals surface area contributed by atoms with Crippen LogP contribution >= 0.6 is 0 Å². The molecule has 0 aliphatic rings. The minimum absolute atomic E-state index is 0.124. The molecule has 1 rings (SSSR count). The summed E-state index contributed by atoms with van der Waals surface area (Å²) in [6, 6.07) is 1.25. The lowest BCUT2D eigenvalue weighted by Gasteiger charge is -2.18. The lowest BCUT2D eigenvalue weighted by Crippen LogP contribution is -2.48. The van der Waals surface area contributed by atoms with Gasteiger partial charge in [0.15, 0.2) is 6.61 Å². The largest absolute Gasteiger partial charge is 0.451 e. The van der Waals surface area contributed by atoms with Gasteiger partial charge < -0.3 is 15.4 Å². The summed E-state index contributed by atoms with van der Waals surface area (Å²) in [5.74, 6) is -0.153. The number of terminal acetylenes is 1. The Hall–Kier alpha value is -2.62. The van der Waals surface area contributed by atoms with E-state index >= 15 is 0 Å². The molecule has 0 aliphatic carbocycles. The molecule has 0 saturated heterocycles. The summed E-state index contributed by atoms with van der Waals surface area (Å²) in [7, 11) is 0. The van der Waals surface area contributed by atoms with Gasteiger partial charge in [-0.3, -0.25) is 0 Å². The van der Waals surface area contributed by atoms with E-state index in [1.54, 1.807) is 0 Å². The van der Waals surface area contributed by atoms with Crippen LogP contribution in [0.3, 0.4) is 0 Å². The van der Waals surface area contributed by atoms with Crippen molar-refractivity contribution < 1.29 is 23.1 Å². The van der Waals surface area contributed by atoms with Crippen molar-refractivity contribution in [3.63, 3.8) is 0 Å². The smallest absolute Gasteiger partial charge is 0.330 e. The van der Waals surface area contributed by atoms with Gasteiger partial charge >= 0.3 is 12.0 Å². The summed E-state index contributed by atoms with van der Waals surface area (Å²) in [5.41, 5.74) is 0.216. The lowest BCUT2D eigenvalue weighted by atomic mass is 10.1. The maximum absolute atomic E-state index is 13.3. The molecule has 142 valence electrons. The van der Waals surface area contributed by atoms with Crippen molar-refractivity contribution in [2.24, 2.45) is 0 Å². The second kappa shape index (κ2) is 11.9. The van der Waals surface area contributed by atoms with E-state index in [-0.39, 0.29) is 18.6 Å². The van der Waals surface area contributed by atoms with Gasteiger partial charge in [-0.05, 0) is 24.1 Å². The number of amides is 2. The molecule has 1 atom stereocenters. The number of hydrogen-bond acceptors (Lipinski definition) is 3. The number of carbonyl (C=O) groups is 2. The van der Waals surface area contributed by atoms with Crippen LogP contribution in [0.25, 0.3) is 0 Å². The van der Waals surface area contributed by atoms with Gasteiger partial charge in [-0.25, -0.2) is 18.4 Å². The SMILES string of the molecule is C#CCOC(=O)[C@H](Cc1cc(F)cc(F)c1)NC(=O)NCCCCCC. The Balaban J connectivity index is 2.67. The van der Waals surface area contributed by atoms with Crippen LogP contribution in [0.2, 0.25) is 0 Å². The van der Waals surface area contributed by atoms with Gasteiger partial charge in [0.1, 0.15) is 17.7 Å². The minimum Gasteiger partial charge on any atom is -0.451 e. The molecule has 1 aromatic carbocycles. The first kappa shape index (κ1) is 21.4. The number of esters is 1. The van der Waals surface area contributed by atoms with E-state index in [1.807, 2.05) is 0 Å². The summed E-state index contributed by atoms with van der Waals surface area (Å²) in [4.78, 5) is 24.0. The third kappa shape index (κ3) is 8.47. The maximum atomic E-state index is 13.3. The van der Waals surface area contributed by atoms with Crippen molar-refractivity contribution in [1.82, 2.24) is 10.6 Å². The quantitative estimate of drug-likeness (QED) is 0.380. The number of halogens is 2. The Morgan fingerprint density at radius 3 is 2.50 bits per heavy atom. The molecule has 0 heterocycles. The van der Waals surface area contributed by atoms with Crippen molar-refractivity contribution >= 4 is 12.0 Å². The molecule has 0 aromatic heterocycles. The fraction of sp³-hybridized carbons (Fsp3) is 0.474. The molecule has 7 heteroatoms. The van der Waals surface area contributed by atoms with Gasteiger partial charge in [0.2, 0.25) is 0 Å². The second-order valence-corrected chi connectivity index (χ2v) is 5.81. The van der Waals surface area contributed by atoms with Crippen LogP contribution < -0.4 is 10.6 Å². The second-order valence-electron chi connectivity index (χ2n) is 5.81. The Morgan fingerprint density at radius 1 is 1.19 bits per heavy atom. The van der Waals surface area contributed by atoms with Crippen molar-refractivity contribution in [3.8, 4) is 12.3 Å². The molecule has 0 saturated carbocycles. The number of rotatable bonds is 10. The molecular formula is C19H24F2N2O3. The van der Waals surface area contributed by atoms with E-state index in [1.165, 1.54) is 0 Å². The van der Waals surface area contributed by atoms with Crippen molar-refractivity contribution in [2.75, 3.05) is 13.2 Å². The molecule has 5 nitrogen and oxygen atoms in total. The number of carbonyl (C=O) groups excluding carboxylic acids is 2. The maximum Gasteiger partial charge on any atom is 0.330 e. The van der Waals surface area contributed by atoms with Crippen LogP contribution in [0.1, 0.15) is 38.2 Å². The minimum atomic E-state index is -1.11. The summed E-state index contributed by atoms with van der Waals surface area (Å²) < 4.78 is 31.5. The van der Waals surface area contributed by atoms with Crippen molar-refractivity contribution in [1.29, 1.82) is 0 Å². The van der Waals surface area contributed by atoms with E-state index in [2.05, 4.69) is 23.5 Å². The van der Waals surface area contributed by atoms with Gasteiger partial charge in [-0.1, -0.05) is 32.1 Å². The molecular weight excluding hydrogens is 342 g/mol. The predicted octanol–water partition coefficient (Wildman–Crippen LogP) is 2.93. The topological polar surface area (TPSA) is 67.4 Å². The van der Waals surface area contributed by atoms with E-state index in [0.717, 1.165) is 43.9 Å². The average Bonchev–Trinajstić information content (AvgIpc) is 2.58. The van der Waals surface area contributed by atoms with Crippen LogP contribution in [0.5, 0.6) is 0 Å². The molecule has 0 aliphatic heterocycles. The first-order chi connectivity index (χ1) is 12.5. The molecule has 0 bridgehead atoms. The molecule has 0 radical (unpaired) electrons. The van der Waals surface area contributed by atoms with Gasteiger partial charge in [-0.2, -0.15) is 0 Å². The number of nitrogens with one attached hydrogen (secondary N) is 2. The van der Waals surface area contributed by atoms with Gasteiger partial charge in [0, 0.05) is 19.0 Å². The monoisotopic (exact) mass is 366 g/mol. The van der Waals surface area contributed by atoms with Gasteiger partial charge in [0.25, 0.3) is 0 Å². The van der Waals surface area contributed by atoms with Crippen LogP contribution in [0.15, 0.2) is 18.2 Å². The zero-order valence-corrected chi connectivity index (χ0v) is 14.8.